The molecule has 0 aliphatic heterocycles. The number of hydrogen-bond acceptors (Lipinski definition) is 25. The van der Waals surface area contributed by atoms with Crippen molar-refractivity contribution in [2.24, 2.45) is 12.8 Å². The monoisotopic (exact) mass is 2110 g/mol. The molecule has 0 radical (unpaired) electrons. The highest BCUT2D eigenvalue weighted by molar-refractivity contribution is 14.1. The molecule has 11 aromatic heterocycles. The number of aromatic nitrogens is 17. The van der Waals surface area contributed by atoms with Crippen LogP contribution in [0.15, 0.2) is 281 Å². The Labute approximate surface area is 834 Å². The van der Waals surface area contributed by atoms with Gasteiger partial charge in [0.2, 0.25) is 0 Å². The van der Waals surface area contributed by atoms with Crippen LogP contribution in [-0.4, -0.2) is 122 Å². The van der Waals surface area contributed by atoms with Gasteiger partial charge in [0.05, 0.1) is 85.2 Å². The predicted octanol–water partition coefficient (Wildman–Crippen LogP) is 22.7. The van der Waals surface area contributed by atoms with Crippen molar-refractivity contribution in [1.82, 2.24) is 82.8 Å². The summed E-state index contributed by atoms with van der Waals surface area (Å²) in [5, 5.41) is 50.2. The van der Waals surface area contributed by atoms with E-state index in [-0.39, 0.29) is 75.3 Å². The topological polar surface area (TPSA) is 340 Å². The zero-order valence-corrected chi connectivity index (χ0v) is 80.7. The maximum Gasteiger partial charge on any atom is 0.387 e. The van der Waals surface area contributed by atoms with Gasteiger partial charge in [-0.05, 0) is 239 Å². The molecular weight excluding hydrogens is 2020 g/mol. The van der Waals surface area contributed by atoms with Crippen LogP contribution in [0.1, 0.15) is 122 Å². The van der Waals surface area contributed by atoms with Crippen LogP contribution in [0.25, 0.3) is 39.4 Å². The lowest BCUT2D eigenvalue weighted by atomic mass is 10.1. The fraction of sp³-hybridized carbons (Fsp3) is 0.198. The lowest BCUT2D eigenvalue weighted by molar-refractivity contribution is -0.0512. The van der Waals surface area contributed by atoms with Crippen molar-refractivity contribution in [2.75, 3.05) is 40.8 Å². The van der Waals surface area contributed by atoms with E-state index in [0.717, 1.165) is 79.4 Å². The minimum Gasteiger partial charge on any atom is -0.508 e. The molecule has 19 aromatic rings. The lowest BCUT2D eigenvalue weighted by Crippen LogP contribution is -2.12. The number of nitrogens with one attached hydrogen (secondary N) is 5. The molecule has 0 aliphatic rings. The van der Waals surface area contributed by atoms with Gasteiger partial charge >= 0.3 is 19.8 Å². The number of nitrogens with two attached hydrogens (primary N) is 1. The van der Waals surface area contributed by atoms with Gasteiger partial charge in [-0.3, -0.25) is 4.68 Å². The molecule has 752 valence electrons. The summed E-state index contributed by atoms with van der Waals surface area (Å²) in [6, 6.07) is 50.0. The average Bonchev–Trinajstić information content (AvgIpc) is 1.66. The molecule has 19 rings (SSSR count). The number of phenols is 1. The Bertz CT molecular complexity index is 7530. The minimum absolute atomic E-state index is 0.0526. The Balaban J connectivity index is 0.000000139. The number of methoxy groups -OCH3 is 2. The first-order valence-corrected chi connectivity index (χ1v) is 45.4. The quantitative estimate of drug-likeness (QED) is 0.0157. The summed E-state index contributed by atoms with van der Waals surface area (Å²) in [6.45, 7) is 2.49. The van der Waals surface area contributed by atoms with Crippen LogP contribution >= 0.6 is 22.6 Å². The fourth-order valence-corrected chi connectivity index (χ4v) is 15.1. The second-order valence-corrected chi connectivity index (χ2v) is 33.3. The van der Waals surface area contributed by atoms with E-state index in [4.69, 9.17) is 24.7 Å². The van der Waals surface area contributed by atoms with E-state index in [1.165, 1.54) is 60.7 Å². The Morgan fingerprint density at radius 2 is 0.669 bits per heavy atom. The molecule has 0 saturated heterocycles. The predicted molar refractivity (Wildman–Crippen MR) is 527 cm³/mol. The SMILES string of the molecule is COc1ccc(COc2ccc(F)cc2[C@@H](C)N)cc1.COc1ccc(COc2ccc(F)cc2[C@@H](C)Nc2ccn3nccc3n2)cc1.C[C@@H](Nc1ccn2ncc(-c3cnn(C)c3)c2n1)c1cc(F)ccc1OC(F)F.C[C@@H](Nc1ccn2ncc(I)c2n1)c1cc(F)ccc1OC(F)F.C[C@@H](Nc1ccn2nccc2n1)c1cc(F)ccc1O.C[C@@H](Nc1ccn2nccc2n1)c1cc(F)ccc1OC(F)F. The standard InChI is InChI=1S/C22H21FN4O2.C19H17F3N6O.C16H18FNO2.C15H12F3IN4O.C15H13F3N4O.C14H13FN4O/c1-15(25-21-10-12-27-22(26-21)9-11-24-27)19-13-17(23)5-8-20(19)29-14-16-3-6-18(28-2)7-4-16;1-11(14-7-13(20)3-4-16(14)29-19(21)22)25-17-5-6-28-18(26-17)15(9-24-28)12-8-23-27(2)10-12;1-11(18)15-9-13(17)5-8-16(15)20-10-12-3-6-14(19-2)7-4-12;1-8(10-6-9(16)2-3-12(10)24-15(17)18)21-13-4-5-23-14(22-13)11(19)7-20-23;1-9(11-8-10(16)2-3-12(11)23-15(17)18)20-13-5-7-22-14(21-13)4-6-19-22;1-9(11-8-10(15)2-3-12(11)20)17-13-5-7-19-14(18-13)4-6-16-19/h3-13,15H,14H2,1-2H3,(H,25,26);3-11,19H,1-2H3,(H,25,26);3-9,11H,10,18H2,1-2H3;2-8,15H,1H3,(H,21,22);2-9,15H,1H3,(H,20,21);2-9,20H,1H3,(H,17,18)/t15-;2*11-;8-;2*9-/m111111/s1. The molecule has 44 heteroatoms. The first-order chi connectivity index (χ1) is 69.7. The number of alkyl halides is 6. The Kier molecular flexibility index (Phi) is 35.0. The summed E-state index contributed by atoms with van der Waals surface area (Å²) >= 11 is 2.11. The maximum absolute atomic E-state index is 13.9. The van der Waals surface area contributed by atoms with Crippen LogP contribution < -0.4 is 65.5 Å². The Morgan fingerprint density at radius 3 is 1.03 bits per heavy atom. The molecule has 31 nitrogen and oxygen atoms in total. The van der Waals surface area contributed by atoms with Crippen molar-refractivity contribution in [3.8, 4) is 57.1 Å². The third-order valence-corrected chi connectivity index (χ3v) is 22.5. The van der Waals surface area contributed by atoms with Crippen LogP contribution in [0, 0.1) is 38.5 Å². The zero-order valence-electron chi connectivity index (χ0n) is 78.6. The van der Waals surface area contributed by atoms with Gasteiger partial charge < -0.3 is 70.6 Å². The van der Waals surface area contributed by atoms with Crippen LogP contribution in [-0.2, 0) is 20.3 Å². The number of anilines is 5. The van der Waals surface area contributed by atoms with E-state index in [0.29, 0.717) is 93.1 Å². The largest absolute Gasteiger partial charge is 0.508 e. The summed E-state index contributed by atoms with van der Waals surface area (Å²) in [5.41, 5.74) is 15.5. The fourth-order valence-electron chi connectivity index (χ4n) is 14.6. The van der Waals surface area contributed by atoms with Gasteiger partial charge in [0.15, 0.2) is 28.2 Å². The number of fused-ring (bicyclic) bond motifs is 5. The molecule has 8 N–H and O–H groups in total. The number of hydrogen-bond donors (Lipinski definition) is 7. The summed E-state index contributed by atoms with van der Waals surface area (Å²) in [4.78, 5) is 22.2. The number of phenolic OH excluding ortho intramolecular Hbond substituents is 1. The highest BCUT2D eigenvalue weighted by Crippen LogP contribution is 2.37. The lowest BCUT2D eigenvalue weighted by Gasteiger charge is -2.19. The summed E-state index contributed by atoms with van der Waals surface area (Å²) < 4.78 is 202. The maximum atomic E-state index is 13.9. The van der Waals surface area contributed by atoms with Crippen molar-refractivity contribution in [2.45, 2.75) is 111 Å². The molecule has 0 fully saturated rings. The Hall–Kier alpha value is -16.7. The third kappa shape index (κ3) is 28.4. The van der Waals surface area contributed by atoms with Crippen LogP contribution in [0.2, 0.25) is 0 Å². The number of benzene rings is 8. The van der Waals surface area contributed by atoms with Crippen molar-refractivity contribution >= 4 is 79.9 Å². The number of halogens is 13. The molecule has 0 saturated carbocycles. The average molecular weight is 2110 g/mol. The molecule has 0 aliphatic carbocycles. The van der Waals surface area contributed by atoms with Gasteiger partial charge in [-0.25, -0.2) is 73.8 Å². The molecule has 0 unspecified atom stereocenters. The van der Waals surface area contributed by atoms with Gasteiger partial charge in [-0.2, -0.15) is 56.9 Å². The van der Waals surface area contributed by atoms with Gasteiger partial charge in [0, 0.05) is 113 Å². The molecule has 0 bridgehead atoms. The van der Waals surface area contributed by atoms with Gasteiger partial charge in [0.25, 0.3) is 0 Å². The van der Waals surface area contributed by atoms with Crippen LogP contribution in [0.3, 0.4) is 0 Å². The smallest absolute Gasteiger partial charge is 0.387 e. The second kappa shape index (κ2) is 48.7. The molecule has 0 spiro atoms. The Morgan fingerprint density at radius 1 is 0.352 bits per heavy atom. The number of aryl methyl sites for hydroxylation is 1. The van der Waals surface area contributed by atoms with Gasteiger partial charge in [-0.1, -0.05) is 24.3 Å². The molecule has 8 aromatic carbocycles. The van der Waals surface area contributed by atoms with E-state index in [1.807, 2.05) is 94.0 Å². The van der Waals surface area contributed by atoms with Crippen molar-refractivity contribution in [3.05, 3.63) is 364 Å². The van der Waals surface area contributed by atoms with Crippen molar-refractivity contribution in [3.63, 3.8) is 0 Å². The first kappa shape index (κ1) is 104. The zero-order chi connectivity index (χ0) is 103. The number of rotatable bonds is 31. The molecular formula is C101H94F12IN23O8. The normalized spacial score (nSPS) is 12.3. The van der Waals surface area contributed by atoms with Crippen LogP contribution in [0.4, 0.5) is 81.8 Å². The van der Waals surface area contributed by atoms with Crippen LogP contribution in [0.5, 0.6) is 46.0 Å². The minimum atomic E-state index is -3.00. The van der Waals surface area contributed by atoms with Crippen molar-refractivity contribution < 1.29 is 90.9 Å². The van der Waals surface area contributed by atoms with Gasteiger partial charge in [0.1, 0.15) is 123 Å². The van der Waals surface area contributed by atoms with E-state index in [9.17, 15) is 57.8 Å². The van der Waals surface area contributed by atoms with Crippen molar-refractivity contribution in [1.29, 1.82) is 0 Å². The number of ether oxygens (including phenoxy) is 7. The third-order valence-electron chi connectivity index (χ3n) is 21.7. The summed E-state index contributed by atoms with van der Waals surface area (Å²) in [7, 11) is 5.07. The molecule has 6 atom stereocenters. The highest BCUT2D eigenvalue weighted by atomic mass is 127. The summed E-state index contributed by atoms with van der Waals surface area (Å²) in [6.07, 6.45) is 20.6. The molecule has 0 amide bonds. The first-order valence-electron chi connectivity index (χ1n) is 44.4. The number of aromatic hydroxyl groups is 1. The molecule has 145 heavy (non-hydrogen) atoms. The van der Waals surface area contributed by atoms with E-state index in [2.05, 4.69) is 119 Å². The van der Waals surface area contributed by atoms with E-state index < -0.39 is 55.4 Å². The second-order valence-electron chi connectivity index (χ2n) is 32.1. The van der Waals surface area contributed by atoms with E-state index in [1.54, 1.807) is 180 Å². The molecule has 11 heterocycles. The van der Waals surface area contributed by atoms with Gasteiger partial charge in [-0.15, -0.1) is 0 Å². The van der Waals surface area contributed by atoms with E-state index >= 15 is 0 Å². The highest BCUT2D eigenvalue weighted by Gasteiger charge is 2.24. The number of nitrogens with zero attached hydrogens (tertiary/aromatic N) is 17. The summed E-state index contributed by atoms with van der Waals surface area (Å²) in [5.74, 6) is 2.80.